The Balaban J connectivity index is 2.80. The van der Waals surface area contributed by atoms with E-state index in [1.165, 1.54) is 0 Å². The number of hydrogen-bond donors (Lipinski definition) is 1. The Morgan fingerprint density at radius 2 is 2.00 bits per heavy atom. The van der Waals surface area contributed by atoms with Crippen molar-refractivity contribution in [1.29, 1.82) is 0 Å². The first-order valence-corrected chi connectivity index (χ1v) is 6.79. The monoisotopic (exact) mass is 268 g/mol. The van der Waals surface area contributed by atoms with Crippen LogP contribution in [0, 0.1) is 6.92 Å². The molecular formula is C17H20N2O. The molecule has 0 atom stereocenters. The van der Waals surface area contributed by atoms with Crippen molar-refractivity contribution in [3.63, 3.8) is 0 Å². The average molecular weight is 268 g/mol. The van der Waals surface area contributed by atoms with Crippen molar-refractivity contribution in [1.82, 2.24) is 4.57 Å². The van der Waals surface area contributed by atoms with E-state index in [1.54, 1.807) is 0 Å². The number of aromatic nitrogens is 1. The van der Waals surface area contributed by atoms with E-state index in [0.29, 0.717) is 12.1 Å². The SMILES string of the molecule is C=CCn1c(C)c(C(N)=O)c(-c2ccccc2)c1CC. The number of amides is 1. The molecule has 1 aromatic carbocycles. The third kappa shape index (κ3) is 2.27. The van der Waals surface area contributed by atoms with Gasteiger partial charge in [-0.2, -0.15) is 0 Å². The highest BCUT2D eigenvalue weighted by atomic mass is 16.1. The maximum Gasteiger partial charge on any atom is 0.251 e. The summed E-state index contributed by atoms with van der Waals surface area (Å²) in [6.07, 6.45) is 2.68. The quantitative estimate of drug-likeness (QED) is 0.831. The summed E-state index contributed by atoms with van der Waals surface area (Å²) in [5, 5.41) is 0. The molecule has 0 aliphatic rings. The number of primary amides is 1. The fraction of sp³-hybridized carbons (Fsp3) is 0.235. The van der Waals surface area contributed by atoms with Gasteiger partial charge in [0.1, 0.15) is 0 Å². The summed E-state index contributed by atoms with van der Waals surface area (Å²) in [6, 6.07) is 9.93. The van der Waals surface area contributed by atoms with Gasteiger partial charge in [0.15, 0.2) is 0 Å². The van der Waals surface area contributed by atoms with Crippen LogP contribution in [0.1, 0.15) is 28.7 Å². The Hall–Kier alpha value is -2.29. The van der Waals surface area contributed by atoms with E-state index >= 15 is 0 Å². The minimum atomic E-state index is -0.376. The summed E-state index contributed by atoms with van der Waals surface area (Å²) in [5.41, 5.74) is 10.3. The van der Waals surface area contributed by atoms with Gasteiger partial charge in [-0.25, -0.2) is 0 Å². The van der Waals surface area contributed by atoms with Crippen LogP contribution in [-0.2, 0) is 13.0 Å². The van der Waals surface area contributed by atoms with Gasteiger partial charge < -0.3 is 10.3 Å². The van der Waals surface area contributed by atoms with Gasteiger partial charge >= 0.3 is 0 Å². The molecule has 1 amide bonds. The van der Waals surface area contributed by atoms with Crippen LogP contribution in [0.3, 0.4) is 0 Å². The smallest absolute Gasteiger partial charge is 0.251 e. The standard InChI is InChI=1S/C17H20N2O/c1-4-11-19-12(3)15(17(18)20)16(14(19)5-2)13-9-7-6-8-10-13/h4,6-10H,1,5,11H2,2-3H3,(H2,18,20). The lowest BCUT2D eigenvalue weighted by atomic mass is 9.99. The van der Waals surface area contributed by atoms with Gasteiger partial charge in [0, 0.05) is 23.5 Å². The third-order valence-electron chi connectivity index (χ3n) is 3.59. The molecule has 0 radical (unpaired) electrons. The predicted molar refractivity (Wildman–Crippen MR) is 82.7 cm³/mol. The minimum Gasteiger partial charge on any atom is -0.366 e. The summed E-state index contributed by atoms with van der Waals surface area (Å²) in [7, 11) is 0. The first kappa shape index (κ1) is 14.1. The van der Waals surface area contributed by atoms with Crippen LogP contribution in [0.5, 0.6) is 0 Å². The highest BCUT2D eigenvalue weighted by Crippen LogP contribution is 2.33. The molecule has 0 saturated carbocycles. The predicted octanol–water partition coefficient (Wildman–Crippen LogP) is 3.31. The van der Waals surface area contributed by atoms with Gasteiger partial charge in [0.2, 0.25) is 0 Å². The summed E-state index contributed by atoms with van der Waals surface area (Å²) >= 11 is 0. The van der Waals surface area contributed by atoms with Crippen LogP contribution >= 0.6 is 0 Å². The molecule has 0 spiro atoms. The van der Waals surface area contributed by atoms with E-state index in [2.05, 4.69) is 18.1 Å². The summed E-state index contributed by atoms with van der Waals surface area (Å²) in [5.74, 6) is -0.376. The first-order valence-electron chi connectivity index (χ1n) is 6.79. The maximum absolute atomic E-state index is 11.9. The van der Waals surface area contributed by atoms with Gasteiger partial charge in [-0.1, -0.05) is 43.3 Å². The number of carbonyl (C=O) groups is 1. The summed E-state index contributed by atoms with van der Waals surface area (Å²) in [4.78, 5) is 11.9. The molecule has 2 aromatic rings. The zero-order valence-corrected chi connectivity index (χ0v) is 12.0. The molecule has 1 aromatic heterocycles. The molecule has 3 nitrogen and oxygen atoms in total. The Kier molecular flexibility index (Phi) is 4.08. The van der Waals surface area contributed by atoms with E-state index in [-0.39, 0.29) is 5.91 Å². The highest BCUT2D eigenvalue weighted by molar-refractivity contribution is 6.02. The van der Waals surface area contributed by atoms with Gasteiger partial charge in [-0.05, 0) is 18.9 Å². The molecule has 0 fully saturated rings. The van der Waals surface area contributed by atoms with E-state index in [4.69, 9.17) is 5.73 Å². The zero-order valence-electron chi connectivity index (χ0n) is 12.0. The van der Waals surface area contributed by atoms with Crippen LogP contribution in [0.2, 0.25) is 0 Å². The Morgan fingerprint density at radius 3 is 2.50 bits per heavy atom. The lowest BCUT2D eigenvalue weighted by Crippen LogP contribution is -2.13. The maximum atomic E-state index is 11.9. The number of nitrogens with zero attached hydrogens (tertiary/aromatic N) is 1. The fourth-order valence-electron chi connectivity index (χ4n) is 2.76. The van der Waals surface area contributed by atoms with E-state index in [0.717, 1.165) is 28.9 Å². The van der Waals surface area contributed by atoms with Crippen molar-refractivity contribution in [2.45, 2.75) is 26.8 Å². The topological polar surface area (TPSA) is 48.0 Å². The second-order valence-electron chi connectivity index (χ2n) is 4.77. The zero-order chi connectivity index (χ0) is 14.7. The number of rotatable bonds is 5. The minimum absolute atomic E-state index is 0.376. The Bertz CT molecular complexity index is 639. The average Bonchev–Trinajstić information content (AvgIpc) is 2.73. The molecule has 3 heteroatoms. The van der Waals surface area contributed by atoms with Crippen molar-refractivity contribution in [2.75, 3.05) is 0 Å². The second-order valence-corrected chi connectivity index (χ2v) is 4.77. The molecule has 0 unspecified atom stereocenters. The Labute approximate surface area is 119 Å². The van der Waals surface area contributed by atoms with Crippen molar-refractivity contribution >= 4 is 5.91 Å². The molecule has 0 saturated heterocycles. The Morgan fingerprint density at radius 1 is 1.35 bits per heavy atom. The lowest BCUT2D eigenvalue weighted by Gasteiger charge is -2.09. The molecule has 0 aliphatic carbocycles. The summed E-state index contributed by atoms with van der Waals surface area (Å²) in [6.45, 7) is 8.50. The van der Waals surface area contributed by atoms with Crippen LogP contribution < -0.4 is 5.73 Å². The molecule has 2 rings (SSSR count). The van der Waals surface area contributed by atoms with Crippen LogP contribution in [0.4, 0.5) is 0 Å². The van der Waals surface area contributed by atoms with Crippen LogP contribution in [-0.4, -0.2) is 10.5 Å². The van der Waals surface area contributed by atoms with Crippen molar-refractivity contribution in [2.24, 2.45) is 5.73 Å². The van der Waals surface area contributed by atoms with E-state index < -0.39 is 0 Å². The molecule has 2 N–H and O–H groups in total. The number of nitrogens with two attached hydrogens (primary N) is 1. The molecule has 20 heavy (non-hydrogen) atoms. The number of carbonyl (C=O) groups excluding carboxylic acids is 1. The molecular weight excluding hydrogens is 248 g/mol. The van der Waals surface area contributed by atoms with Gasteiger partial charge in [0.05, 0.1) is 5.56 Å². The highest BCUT2D eigenvalue weighted by Gasteiger charge is 2.23. The third-order valence-corrected chi connectivity index (χ3v) is 3.59. The van der Waals surface area contributed by atoms with Crippen LogP contribution in [0.25, 0.3) is 11.1 Å². The fourth-order valence-corrected chi connectivity index (χ4v) is 2.76. The second kappa shape index (κ2) is 5.78. The van der Waals surface area contributed by atoms with Gasteiger partial charge in [-0.15, -0.1) is 6.58 Å². The normalized spacial score (nSPS) is 10.5. The van der Waals surface area contributed by atoms with E-state index in [1.807, 2.05) is 43.3 Å². The number of benzene rings is 1. The molecule has 1 heterocycles. The molecule has 0 aliphatic heterocycles. The first-order chi connectivity index (χ1) is 9.61. The van der Waals surface area contributed by atoms with Crippen molar-refractivity contribution in [3.8, 4) is 11.1 Å². The van der Waals surface area contributed by atoms with E-state index in [9.17, 15) is 4.79 Å². The number of allylic oxidation sites excluding steroid dienone is 1. The van der Waals surface area contributed by atoms with Crippen LogP contribution in [0.15, 0.2) is 43.0 Å². The van der Waals surface area contributed by atoms with Gasteiger partial charge in [-0.3, -0.25) is 4.79 Å². The molecule has 104 valence electrons. The number of hydrogen-bond acceptors (Lipinski definition) is 1. The van der Waals surface area contributed by atoms with Crippen molar-refractivity contribution in [3.05, 3.63) is 59.9 Å². The van der Waals surface area contributed by atoms with Crippen molar-refractivity contribution < 1.29 is 4.79 Å². The lowest BCUT2D eigenvalue weighted by molar-refractivity contribution is 0.1000. The largest absolute Gasteiger partial charge is 0.366 e. The summed E-state index contributed by atoms with van der Waals surface area (Å²) < 4.78 is 2.12. The molecule has 0 bridgehead atoms. The van der Waals surface area contributed by atoms with Gasteiger partial charge in [0.25, 0.3) is 5.91 Å².